The Morgan fingerprint density at radius 3 is 2.50 bits per heavy atom. The van der Waals surface area contributed by atoms with Gasteiger partial charge in [0.05, 0.1) is 41.4 Å². The number of nitrogens with two attached hydrogens (primary N) is 1. The highest BCUT2D eigenvalue weighted by atomic mass is 35.5. The summed E-state index contributed by atoms with van der Waals surface area (Å²) in [6, 6.07) is 13.0. The number of morpholine rings is 1. The first-order valence-corrected chi connectivity index (χ1v) is 14.0. The van der Waals surface area contributed by atoms with E-state index in [0.29, 0.717) is 34.3 Å². The van der Waals surface area contributed by atoms with E-state index in [1.165, 1.54) is 0 Å². The van der Waals surface area contributed by atoms with Crippen molar-refractivity contribution < 1.29 is 27.8 Å². The maximum Gasteiger partial charge on any atom is 0.490 e. The molecule has 0 bridgehead atoms. The maximum absolute atomic E-state index is 10.6. The van der Waals surface area contributed by atoms with E-state index in [2.05, 4.69) is 21.3 Å². The molecule has 3 aromatic heterocycles. The molecule has 11 nitrogen and oxygen atoms in total. The molecule has 4 N–H and O–H groups in total. The normalized spacial score (nSPS) is 13.6. The third-order valence-corrected chi connectivity index (χ3v) is 7.00. The summed E-state index contributed by atoms with van der Waals surface area (Å²) >= 11 is 12.6. The van der Waals surface area contributed by atoms with Gasteiger partial charge in [-0.3, -0.25) is 4.90 Å². The molecule has 4 heterocycles. The van der Waals surface area contributed by atoms with Gasteiger partial charge in [-0.15, -0.1) is 0 Å². The molecule has 0 aliphatic carbocycles. The summed E-state index contributed by atoms with van der Waals surface area (Å²) in [5, 5.41) is 25.6. The van der Waals surface area contributed by atoms with Gasteiger partial charge >= 0.3 is 12.1 Å². The van der Waals surface area contributed by atoms with Crippen LogP contribution < -0.4 is 11.1 Å². The first-order valence-electron chi connectivity index (χ1n) is 13.3. The number of carboxylic acids is 1. The number of fused-ring (bicyclic) bond motifs is 1. The fourth-order valence-electron chi connectivity index (χ4n) is 4.29. The Hall–Kier alpha value is -4.16. The number of nitrogens with zero attached hydrogens (tertiary/aromatic N) is 6. The van der Waals surface area contributed by atoms with E-state index in [9.17, 15) is 13.2 Å². The molecule has 1 aromatic carbocycles. The van der Waals surface area contributed by atoms with E-state index in [4.69, 9.17) is 58.9 Å². The number of hydrogen-bond acceptors (Lipinski definition) is 9. The quantitative estimate of drug-likeness (QED) is 0.220. The van der Waals surface area contributed by atoms with E-state index in [-0.39, 0.29) is 5.82 Å². The Morgan fingerprint density at radius 1 is 1.14 bits per heavy atom. The van der Waals surface area contributed by atoms with Crippen LogP contribution >= 0.6 is 23.2 Å². The summed E-state index contributed by atoms with van der Waals surface area (Å²) in [5.41, 5.74) is 10.4. The number of ether oxygens (including phenoxy) is 1. The molecule has 1 fully saturated rings. The van der Waals surface area contributed by atoms with Gasteiger partial charge in [-0.2, -0.15) is 23.5 Å². The molecule has 16 heteroatoms. The second kappa shape index (κ2) is 14.5. The van der Waals surface area contributed by atoms with Gasteiger partial charge in [0, 0.05) is 42.5 Å². The number of alkyl halides is 3. The van der Waals surface area contributed by atoms with Gasteiger partial charge in [-0.1, -0.05) is 23.2 Å². The van der Waals surface area contributed by atoms with E-state index in [1.807, 2.05) is 28.9 Å². The topological polar surface area (TPSA) is 155 Å². The van der Waals surface area contributed by atoms with Crippen molar-refractivity contribution >= 4 is 46.3 Å². The van der Waals surface area contributed by atoms with Crippen LogP contribution in [0.15, 0.2) is 42.6 Å². The van der Waals surface area contributed by atoms with Crippen molar-refractivity contribution in [2.75, 3.05) is 43.9 Å². The molecule has 232 valence electrons. The number of carbonyl (C=O) groups is 1. The van der Waals surface area contributed by atoms with Crippen LogP contribution in [0.1, 0.15) is 23.4 Å². The number of anilines is 2. The fraction of sp³-hybridized carbons (Fsp3) is 0.321. The Labute approximate surface area is 260 Å². The average molecular weight is 651 g/mol. The summed E-state index contributed by atoms with van der Waals surface area (Å²) < 4.78 is 39.1. The molecule has 0 radical (unpaired) electrons. The Bertz CT molecular complexity index is 1670. The number of nitriles is 1. The van der Waals surface area contributed by atoms with Crippen LogP contribution in [0.4, 0.5) is 24.8 Å². The van der Waals surface area contributed by atoms with E-state index in [0.717, 1.165) is 67.6 Å². The molecule has 4 aromatic rings. The van der Waals surface area contributed by atoms with Gasteiger partial charge in [0.1, 0.15) is 17.4 Å². The number of aryl methyl sites for hydroxylation is 1. The van der Waals surface area contributed by atoms with Crippen LogP contribution in [-0.4, -0.2) is 74.6 Å². The van der Waals surface area contributed by atoms with Crippen molar-refractivity contribution in [3.63, 3.8) is 0 Å². The van der Waals surface area contributed by atoms with Gasteiger partial charge in [0.25, 0.3) is 0 Å². The smallest absolute Gasteiger partial charge is 0.475 e. The van der Waals surface area contributed by atoms with E-state index >= 15 is 0 Å². The molecule has 1 aliphatic heterocycles. The Kier molecular flexibility index (Phi) is 10.8. The SMILES string of the molecule is N#Cc1ccc(CCCNc2nc(-c3ccc(Cl)cc3Cl)cn3nc(CN4CCOCC4)cc23)nc1N.O=C(O)C(F)(F)F. The summed E-state index contributed by atoms with van der Waals surface area (Å²) in [6.07, 6.45) is -1.68. The van der Waals surface area contributed by atoms with Gasteiger partial charge in [0.2, 0.25) is 0 Å². The number of aromatic nitrogens is 4. The number of nitrogen functional groups attached to an aromatic ring is 1. The zero-order chi connectivity index (χ0) is 31.9. The van der Waals surface area contributed by atoms with E-state index in [1.54, 1.807) is 18.2 Å². The fourth-order valence-corrected chi connectivity index (χ4v) is 4.80. The highest BCUT2D eigenvalue weighted by molar-refractivity contribution is 6.36. The van der Waals surface area contributed by atoms with Crippen LogP contribution in [0.5, 0.6) is 0 Å². The van der Waals surface area contributed by atoms with Crippen LogP contribution in [0, 0.1) is 11.3 Å². The summed E-state index contributed by atoms with van der Waals surface area (Å²) in [4.78, 5) is 20.5. The van der Waals surface area contributed by atoms with Crippen molar-refractivity contribution in [2.45, 2.75) is 25.6 Å². The lowest BCUT2D eigenvalue weighted by Crippen LogP contribution is -2.35. The molecule has 0 spiro atoms. The minimum absolute atomic E-state index is 0.260. The number of benzene rings is 1. The summed E-state index contributed by atoms with van der Waals surface area (Å²) in [7, 11) is 0. The van der Waals surface area contributed by atoms with Crippen molar-refractivity contribution in [1.29, 1.82) is 5.26 Å². The number of halogens is 5. The zero-order valence-corrected chi connectivity index (χ0v) is 24.6. The molecule has 1 saturated heterocycles. The van der Waals surface area contributed by atoms with Crippen molar-refractivity contribution in [3.05, 3.63) is 69.6 Å². The molecule has 44 heavy (non-hydrogen) atoms. The Balaban J connectivity index is 0.000000566. The van der Waals surface area contributed by atoms with Gasteiger partial charge in [-0.25, -0.2) is 19.3 Å². The average Bonchev–Trinajstić information content (AvgIpc) is 3.38. The van der Waals surface area contributed by atoms with Gasteiger partial charge in [-0.05, 0) is 49.2 Å². The monoisotopic (exact) mass is 650 g/mol. The summed E-state index contributed by atoms with van der Waals surface area (Å²) in [5.74, 6) is -1.78. The minimum atomic E-state index is -5.08. The lowest BCUT2D eigenvalue weighted by molar-refractivity contribution is -0.192. The molecular formula is C28H27Cl2F3N8O3. The predicted molar refractivity (Wildman–Crippen MR) is 158 cm³/mol. The molecule has 1 aliphatic rings. The molecule has 0 atom stereocenters. The second-order valence-corrected chi connectivity index (χ2v) is 10.5. The minimum Gasteiger partial charge on any atom is -0.475 e. The molecule has 0 unspecified atom stereocenters. The number of hydrogen-bond donors (Lipinski definition) is 3. The lowest BCUT2D eigenvalue weighted by Gasteiger charge is -2.25. The molecular weight excluding hydrogens is 624 g/mol. The van der Waals surface area contributed by atoms with Gasteiger partial charge in [0.15, 0.2) is 5.82 Å². The van der Waals surface area contributed by atoms with Crippen molar-refractivity contribution in [1.82, 2.24) is 24.5 Å². The number of pyridine rings is 1. The third kappa shape index (κ3) is 8.70. The lowest BCUT2D eigenvalue weighted by atomic mass is 10.1. The van der Waals surface area contributed by atoms with Crippen LogP contribution in [0.25, 0.3) is 16.8 Å². The van der Waals surface area contributed by atoms with Crippen molar-refractivity contribution in [2.24, 2.45) is 0 Å². The highest BCUT2D eigenvalue weighted by Crippen LogP contribution is 2.31. The highest BCUT2D eigenvalue weighted by Gasteiger charge is 2.38. The van der Waals surface area contributed by atoms with Crippen molar-refractivity contribution in [3.8, 4) is 17.3 Å². The standard InChI is InChI=1S/C26H26Cl2N8O.C2HF3O2/c27-18-4-6-21(22(28)12-18)23-16-36-24(13-20(34-36)15-35-8-10-37-11-9-35)26(33-23)31-7-1-2-19-5-3-17(14-29)25(30)32-19;3-2(4,5)1(6)7/h3-6,12-13,16H,1-2,7-11,15H2,(H2,30,32)(H,31,33);(H,6,7). The number of carboxylic acid groups (broad SMARTS) is 1. The number of aliphatic carboxylic acids is 1. The predicted octanol–water partition coefficient (Wildman–Crippen LogP) is 5.06. The molecule has 0 saturated carbocycles. The van der Waals surface area contributed by atoms with Crippen LogP contribution in [0.2, 0.25) is 10.0 Å². The Morgan fingerprint density at radius 2 is 1.86 bits per heavy atom. The zero-order valence-electron chi connectivity index (χ0n) is 23.1. The second-order valence-electron chi connectivity index (χ2n) is 9.63. The number of rotatable bonds is 8. The molecule has 0 amide bonds. The van der Waals surface area contributed by atoms with Gasteiger partial charge < -0.3 is 20.9 Å². The van der Waals surface area contributed by atoms with Crippen LogP contribution in [0.3, 0.4) is 0 Å². The first-order chi connectivity index (χ1) is 20.9. The third-order valence-electron chi connectivity index (χ3n) is 6.45. The first kappa shape index (κ1) is 32.7. The largest absolute Gasteiger partial charge is 0.490 e. The maximum atomic E-state index is 10.6. The summed E-state index contributed by atoms with van der Waals surface area (Å²) in [6.45, 7) is 4.65. The van der Waals surface area contributed by atoms with Crippen LogP contribution in [-0.2, 0) is 22.5 Å². The van der Waals surface area contributed by atoms with E-state index < -0.39 is 12.1 Å². The number of nitrogens with one attached hydrogen (secondary N) is 1. The molecule has 5 rings (SSSR count).